The first-order valence-electron chi connectivity index (χ1n) is 6.40. The van der Waals surface area contributed by atoms with Gasteiger partial charge in [0.2, 0.25) is 0 Å². The maximum atomic E-state index is 13.7. The minimum absolute atomic E-state index is 0.267. The number of hydrogen-bond donors (Lipinski definition) is 1. The van der Waals surface area contributed by atoms with Crippen molar-refractivity contribution in [3.63, 3.8) is 0 Å². The monoisotopic (exact) mass is 277 g/mol. The second kappa shape index (κ2) is 6.01. The topological polar surface area (TPSA) is 35.2 Å². The lowest BCUT2D eigenvalue weighted by molar-refractivity contribution is 0.303. The Morgan fingerprint density at radius 2 is 1.90 bits per heavy atom. The van der Waals surface area contributed by atoms with Gasteiger partial charge in [-0.3, -0.25) is 0 Å². The number of ether oxygens (including phenoxy) is 1. The molecule has 0 heterocycles. The predicted molar refractivity (Wildman–Crippen MR) is 74.5 cm³/mol. The molecule has 2 nitrogen and oxygen atoms in total. The van der Waals surface area contributed by atoms with Crippen molar-refractivity contribution in [3.05, 3.63) is 64.7 Å². The van der Waals surface area contributed by atoms with E-state index in [9.17, 15) is 8.78 Å². The zero-order valence-electron chi connectivity index (χ0n) is 11.5. The van der Waals surface area contributed by atoms with Crippen LogP contribution in [0, 0.1) is 18.6 Å². The fourth-order valence-electron chi connectivity index (χ4n) is 1.95. The maximum absolute atomic E-state index is 13.7. The predicted octanol–water partition coefficient (Wildman–Crippen LogP) is 3.87. The van der Waals surface area contributed by atoms with E-state index in [0.29, 0.717) is 11.3 Å². The van der Waals surface area contributed by atoms with E-state index in [1.807, 2.05) is 6.92 Å². The Labute approximate surface area is 117 Å². The summed E-state index contributed by atoms with van der Waals surface area (Å²) in [5, 5.41) is 0. The molecule has 0 amide bonds. The summed E-state index contributed by atoms with van der Waals surface area (Å²) in [6, 6.07) is 8.75. The molecule has 0 aliphatic carbocycles. The van der Waals surface area contributed by atoms with Gasteiger partial charge in [-0.05, 0) is 43.2 Å². The quantitative estimate of drug-likeness (QED) is 0.920. The van der Waals surface area contributed by atoms with Gasteiger partial charge in [-0.25, -0.2) is 8.78 Å². The molecule has 0 saturated carbocycles. The van der Waals surface area contributed by atoms with Gasteiger partial charge < -0.3 is 10.5 Å². The van der Waals surface area contributed by atoms with Gasteiger partial charge in [0.15, 0.2) is 0 Å². The molecule has 0 aromatic heterocycles. The first-order chi connectivity index (χ1) is 9.47. The molecular weight excluding hydrogens is 260 g/mol. The average Bonchev–Trinajstić information content (AvgIpc) is 2.37. The van der Waals surface area contributed by atoms with Crippen LogP contribution < -0.4 is 10.5 Å². The lowest BCUT2D eigenvalue weighted by Crippen LogP contribution is -2.07. The third-order valence-electron chi connectivity index (χ3n) is 3.16. The second-order valence-electron chi connectivity index (χ2n) is 4.83. The van der Waals surface area contributed by atoms with E-state index in [0.717, 1.165) is 11.1 Å². The highest BCUT2D eigenvalue weighted by atomic mass is 19.1. The van der Waals surface area contributed by atoms with Crippen LogP contribution in [0.1, 0.15) is 29.7 Å². The van der Waals surface area contributed by atoms with Crippen molar-refractivity contribution in [2.45, 2.75) is 26.5 Å². The maximum Gasteiger partial charge on any atom is 0.131 e. The molecule has 2 aromatic rings. The Bertz CT molecular complexity index is 611. The molecule has 0 unspecified atom stereocenters. The Morgan fingerprint density at radius 3 is 2.50 bits per heavy atom. The van der Waals surface area contributed by atoms with Gasteiger partial charge in [0, 0.05) is 17.7 Å². The van der Waals surface area contributed by atoms with Gasteiger partial charge in [-0.2, -0.15) is 0 Å². The van der Waals surface area contributed by atoms with Gasteiger partial charge in [0.05, 0.1) is 0 Å². The van der Waals surface area contributed by atoms with Crippen molar-refractivity contribution in [2.24, 2.45) is 5.73 Å². The molecule has 0 radical (unpaired) electrons. The highest BCUT2D eigenvalue weighted by molar-refractivity contribution is 5.31. The SMILES string of the molecule is Cc1cc(F)ccc1COc1ccc([C@H](C)N)c(F)c1. The lowest BCUT2D eigenvalue weighted by atomic mass is 10.1. The van der Waals surface area contributed by atoms with Crippen LogP contribution >= 0.6 is 0 Å². The molecule has 0 fully saturated rings. The van der Waals surface area contributed by atoms with Crippen LogP contribution in [0.3, 0.4) is 0 Å². The van der Waals surface area contributed by atoms with Gasteiger partial charge in [-0.15, -0.1) is 0 Å². The smallest absolute Gasteiger partial charge is 0.131 e. The highest BCUT2D eigenvalue weighted by Gasteiger charge is 2.08. The van der Waals surface area contributed by atoms with Crippen LogP contribution in [0.2, 0.25) is 0 Å². The fourth-order valence-corrected chi connectivity index (χ4v) is 1.95. The minimum atomic E-state index is -0.381. The first-order valence-corrected chi connectivity index (χ1v) is 6.40. The van der Waals surface area contributed by atoms with Crippen LogP contribution in [-0.4, -0.2) is 0 Å². The zero-order valence-corrected chi connectivity index (χ0v) is 11.5. The van der Waals surface area contributed by atoms with Gasteiger partial charge in [0.25, 0.3) is 0 Å². The van der Waals surface area contributed by atoms with E-state index in [-0.39, 0.29) is 24.3 Å². The van der Waals surface area contributed by atoms with E-state index in [4.69, 9.17) is 10.5 Å². The van der Waals surface area contributed by atoms with E-state index in [1.54, 1.807) is 25.1 Å². The van der Waals surface area contributed by atoms with Crippen molar-refractivity contribution in [1.82, 2.24) is 0 Å². The summed E-state index contributed by atoms with van der Waals surface area (Å²) in [6.07, 6.45) is 0. The van der Waals surface area contributed by atoms with Crippen LogP contribution in [0.5, 0.6) is 5.75 Å². The summed E-state index contributed by atoms with van der Waals surface area (Å²) in [6.45, 7) is 3.80. The number of hydrogen-bond acceptors (Lipinski definition) is 2. The summed E-state index contributed by atoms with van der Waals surface area (Å²) in [5.74, 6) is -0.234. The third kappa shape index (κ3) is 3.33. The van der Waals surface area contributed by atoms with Crippen LogP contribution in [0.25, 0.3) is 0 Å². The van der Waals surface area contributed by atoms with E-state index < -0.39 is 0 Å². The molecule has 20 heavy (non-hydrogen) atoms. The Hall–Kier alpha value is -1.94. The normalized spacial score (nSPS) is 12.2. The van der Waals surface area contributed by atoms with Crippen molar-refractivity contribution in [2.75, 3.05) is 0 Å². The number of benzene rings is 2. The van der Waals surface area contributed by atoms with Crippen molar-refractivity contribution in [1.29, 1.82) is 0 Å². The summed E-state index contributed by atoms with van der Waals surface area (Å²) >= 11 is 0. The molecule has 0 aliphatic rings. The standard InChI is InChI=1S/C16H17F2NO/c1-10-7-13(17)4-3-12(10)9-20-14-5-6-15(11(2)19)16(18)8-14/h3-8,11H,9,19H2,1-2H3/t11-/m0/s1. The van der Waals surface area contributed by atoms with Crippen LogP contribution in [0.4, 0.5) is 8.78 Å². The average molecular weight is 277 g/mol. The minimum Gasteiger partial charge on any atom is -0.489 e. The first kappa shape index (κ1) is 14.5. The number of aryl methyl sites for hydroxylation is 1. The highest BCUT2D eigenvalue weighted by Crippen LogP contribution is 2.22. The molecule has 106 valence electrons. The molecule has 0 aliphatic heterocycles. The molecular formula is C16H17F2NO. The molecule has 2 aromatic carbocycles. The lowest BCUT2D eigenvalue weighted by Gasteiger charge is -2.11. The molecule has 2 rings (SSSR count). The molecule has 0 bridgehead atoms. The van der Waals surface area contributed by atoms with Gasteiger partial charge in [0.1, 0.15) is 24.0 Å². The second-order valence-corrected chi connectivity index (χ2v) is 4.83. The molecule has 4 heteroatoms. The van der Waals surface area contributed by atoms with Crippen molar-refractivity contribution >= 4 is 0 Å². The van der Waals surface area contributed by atoms with Gasteiger partial charge in [-0.1, -0.05) is 12.1 Å². The van der Waals surface area contributed by atoms with E-state index in [2.05, 4.69) is 0 Å². The largest absolute Gasteiger partial charge is 0.489 e. The Morgan fingerprint density at radius 1 is 1.15 bits per heavy atom. The third-order valence-corrected chi connectivity index (χ3v) is 3.16. The zero-order chi connectivity index (χ0) is 14.7. The molecule has 0 saturated heterocycles. The Kier molecular flexibility index (Phi) is 4.35. The molecule has 2 N–H and O–H groups in total. The van der Waals surface area contributed by atoms with Crippen LogP contribution in [0.15, 0.2) is 36.4 Å². The molecule has 1 atom stereocenters. The number of rotatable bonds is 4. The number of halogens is 2. The summed E-state index contributed by atoms with van der Waals surface area (Å²) in [5.41, 5.74) is 7.77. The summed E-state index contributed by atoms with van der Waals surface area (Å²) < 4.78 is 32.3. The van der Waals surface area contributed by atoms with E-state index in [1.165, 1.54) is 18.2 Å². The van der Waals surface area contributed by atoms with Crippen LogP contribution in [-0.2, 0) is 6.61 Å². The Balaban J connectivity index is 2.09. The fraction of sp³-hybridized carbons (Fsp3) is 0.250. The van der Waals surface area contributed by atoms with Gasteiger partial charge >= 0.3 is 0 Å². The molecule has 0 spiro atoms. The summed E-state index contributed by atoms with van der Waals surface area (Å²) in [7, 11) is 0. The van der Waals surface area contributed by atoms with E-state index >= 15 is 0 Å². The summed E-state index contributed by atoms with van der Waals surface area (Å²) in [4.78, 5) is 0. The van der Waals surface area contributed by atoms with Crippen molar-refractivity contribution in [3.8, 4) is 5.75 Å². The number of nitrogens with two attached hydrogens (primary N) is 1. The van der Waals surface area contributed by atoms with Crippen molar-refractivity contribution < 1.29 is 13.5 Å².